The molecule has 1 fully saturated rings. The second kappa shape index (κ2) is 6.59. The van der Waals surface area contributed by atoms with Crippen molar-refractivity contribution in [2.24, 2.45) is 0 Å². The second-order valence-electron chi connectivity index (χ2n) is 5.16. The number of aromatic nitrogens is 1. The Kier molecular flexibility index (Phi) is 5.05. The van der Waals surface area contributed by atoms with Crippen molar-refractivity contribution in [1.29, 1.82) is 0 Å². The highest BCUT2D eigenvalue weighted by molar-refractivity contribution is 8.00. The number of rotatable bonds is 6. The number of carbonyl (C=O) groups is 1. The number of nitrogens with one attached hydrogen (secondary N) is 1. The summed E-state index contributed by atoms with van der Waals surface area (Å²) in [6, 6.07) is 1.73. The minimum Gasteiger partial charge on any atom is -0.387 e. The summed E-state index contributed by atoms with van der Waals surface area (Å²) in [4.78, 5) is 16.3. The van der Waals surface area contributed by atoms with E-state index in [0.717, 1.165) is 30.6 Å². The van der Waals surface area contributed by atoms with Crippen LogP contribution in [0.3, 0.4) is 0 Å². The Morgan fingerprint density at radius 2 is 2.40 bits per heavy atom. The Balaban J connectivity index is 1.95. The van der Waals surface area contributed by atoms with Gasteiger partial charge in [0, 0.05) is 29.8 Å². The first-order chi connectivity index (χ1) is 9.60. The van der Waals surface area contributed by atoms with E-state index >= 15 is 0 Å². The van der Waals surface area contributed by atoms with Crippen molar-refractivity contribution >= 4 is 17.7 Å². The molecule has 0 spiro atoms. The molecule has 1 aliphatic rings. The molecule has 1 aliphatic carbocycles. The first-order valence-corrected chi connectivity index (χ1v) is 8.20. The maximum atomic E-state index is 12.2. The number of hydrogen-bond donors (Lipinski definition) is 2. The lowest BCUT2D eigenvalue weighted by atomic mass is 9.79. The molecule has 0 radical (unpaired) electrons. The van der Waals surface area contributed by atoms with Gasteiger partial charge in [0.1, 0.15) is 0 Å². The number of carbonyl (C=O) groups excluding carboxylic acids is 1. The minimum atomic E-state index is -0.740. The predicted molar refractivity (Wildman–Crippen MR) is 82.1 cm³/mol. The molecular formula is C15H22N2O2S. The molecule has 1 amide bonds. The van der Waals surface area contributed by atoms with Crippen molar-refractivity contribution in [1.82, 2.24) is 10.3 Å². The zero-order valence-corrected chi connectivity index (χ0v) is 12.9. The van der Waals surface area contributed by atoms with Crippen LogP contribution in [0.15, 0.2) is 18.5 Å². The fourth-order valence-electron chi connectivity index (χ4n) is 2.50. The zero-order valence-electron chi connectivity index (χ0n) is 12.1. The summed E-state index contributed by atoms with van der Waals surface area (Å²) in [6.07, 6.45) is 5.92. The van der Waals surface area contributed by atoms with Crippen molar-refractivity contribution in [3.8, 4) is 0 Å². The standard InChI is InChI=1S/C15H22N2O2S/c1-3-11-9-16-8-6-12(11)14(18)17-10-15(19)7-5-13(15)20-4-2/h6,8-9,13,19H,3-5,7,10H2,1-2H3,(H,17,18). The van der Waals surface area contributed by atoms with Crippen molar-refractivity contribution < 1.29 is 9.90 Å². The molecule has 0 aromatic carbocycles. The molecule has 5 heteroatoms. The first kappa shape index (κ1) is 15.3. The predicted octanol–water partition coefficient (Wildman–Crippen LogP) is 2.02. The van der Waals surface area contributed by atoms with Gasteiger partial charge in [-0.05, 0) is 36.6 Å². The average Bonchev–Trinajstić information content (AvgIpc) is 2.48. The van der Waals surface area contributed by atoms with Gasteiger partial charge < -0.3 is 10.4 Å². The van der Waals surface area contributed by atoms with Crippen LogP contribution in [0, 0.1) is 0 Å². The highest BCUT2D eigenvalue weighted by Gasteiger charge is 2.45. The molecule has 1 aromatic rings. The lowest BCUT2D eigenvalue weighted by Gasteiger charge is -2.45. The van der Waals surface area contributed by atoms with Gasteiger partial charge in [0.2, 0.25) is 0 Å². The lowest BCUT2D eigenvalue weighted by molar-refractivity contribution is -0.0221. The molecule has 2 unspecified atom stereocenters. The summed E-state index contributed by atoms with van der Waals surface area (Å²) < 4.78 is 0. The van der Waals surface area contributed by atoms with E-state index in [2.05, 4.69) is 17.2 Å². The normalized spacial score (nSPS) is 25.1. The molecular weight excluding hydrogens is 272 g/mol. The zero-order chi connectivity index (χ0) is 14.6. The summed E-state index contributed by atoms with van der Waals surface area (Å²) >= 11 is 1.77. The molecule has 2 atom stereocenters. The Labute approximate surface area is 124 Å². The van der Waals surface area contributed by atoms with Gasteiger partial charge >= 0.3 is 0 Å². The van der Waals surface area contributed by atoms with Crippen LogP contribution >= 0.6 is 11.8 Å². The van der Waals surface area contributed by atoms with E-state index in [1.165, 1.54) is 0 Å². The Morgan fingerprint density at radius 3 is 3.00 bits per heavy atom. The SMILES string of the molecule is CCSC1CCC1(O)CNC(=O)c1ccncc1CC. The van der Waals surface area contributed by atoms with Crippen LogP contribution < -0.4 is 5.32 Å². The highest BCUT2D eigenvalue weighted by Crippen LogP contribution is 2.40. The smallest absolute Gasteiger partial charge is 0.251 e. The number of aliphatic hydroxyl groups is 1. The number of thioether (sulfide) groups is 1. The summed E-state index contributed by atoms with van der Waals surface area (Å²) in [6.45, 7) is 4.42. The van der Waals surface area contributed by atoms with Crippen LogP contribution in [0.5, 0.6) is 0 Å². The monoisotopic (exact) mass is 294 g/mol. The third-order valence-corrected chi connectivity index (χ3v) is 5.30. The number of aryl methyl sites for hydroxylation is 1. The third kappa shape index (κ3) is 3.15. The Bertz CT molecular complexity index is 481. The molecule has 0 aliphatic heterocycles. The maximum Gasteiger partial charge on any atom is 0.251 e. The van der Waals surface area contributed by atoms with Crippen molar-refractivity contribution in [2.45, 2.75) is 44.0 Å². The lowest BCUT2D eigenvalue weighted by Crippen LogP contribution is -2.57. The molecule has 0 bridgehead atoms. The van der Waals surface area contributed by atoms with E-state index in [0.29, 0.717) is 12.1 Å². The largest absolute Gasteiger partial charge is 0.387 e. The third-order valence-electron chi connectivity index (χ3n) is 3.89. The molecule has 4 nitrogen and oxygen atoms in total. The van der Waals surface area contributed by atoms with Gasteiger partial charge in [-0.1, -0.05) is 13.8 Å². The quantitative estimate of drug-likeness (QED) is 0.842. The second-order valence-corrected chi connectivity index (χ2v) is 6.64. The van der Waals surface area contributed by atoms with Gasteiger partial charge in [0.15, 0.2) is 0 Å². The summed E-state index contributed by atoms with van der Waals surface area (Å²) in [7, 11) is 0. The van der Waals surface area contributed by atoms with Gasteiger partial charge in [-0.25, -0.2) is 0 Å². The van der Waals surface area contributed by atoms with E-state index in [4.69, 9.17) is 0 Å². The van der Waals surface area contributed by atoms with Crippen LogP contribution in [0.1, 0.15) is 42.6 Å². The topological polar surface area (TPSA) is 62.2 Å². The van der Waals surface area contributed by atoms with Gasteiger partial charge in [-0.2, -0.15) is 11.8 Å². The fourth-order valence-corrected chi connectivity index (χ4v) is 3.69. The van der Waals surface area contributed by atoms with Crippen molar-refractivity contribution in [3.63, 3.8) is 0 Å². The molecule has 110 valence electrons. The molecule has 1 aromatic heterocycles. The van der Waals surface area contributed by atoms with Crippen LogP contribution in [-0.4, -0.2) is 39.1 Å². The van der Waals surface area contributed by atoms with Gasteiger partial charge in [-0.15, -0.1) is 0 Å². The number of hydrogen-bond acceptors (Lipinski definition) is 4. The first-order valence-electron chi connectivity index (χ1n) is 7.15. The molecule has 20 heavy (non-hydrogen) atoms. The van der Waals surface area contributed by atoms with Crippen LogP contribution in [0.2, 0.25) is 0 Å². The Morgan fingerprint density at radius 1 is 1.60 bits per heavy atom. The summed E-state index contributed by atoms with van der Waals surface area (Å²) in [5.74, 6) is 0.871. The summed E-state index contributed by atoms with van der Waals surface area (Å²) in [5, 5.41) is 13.6. The van der Waals surface area contributed by atoms with E-state index < -0.39 is 5.60 Å². The maximum absolute atomic E-state index is 12.2. The van der Waals surface area contributed by atoms with E-state index in [-0.39, 0.29) is 11.2 Å². The molecule has 0 saturated heterocycles. The number of nitrogens with zero attached hydrogens (tertiary/aromatic N) is 1. The molecule has 1 heterocycles. The van der Waals surface area contributed by atoms with E-state index in [1.807, 2.05) is 6.92 Å². The molecule has 2 N–H and O–H groups in total. The van der Waals surface area contributed by atoms with E-state index in [1.54, 1.807) is 30.2 Å². The minimum absolute atomic E-state index is 0.121. The van der Waals surface area contributed by atoms with Crippen LogP contribution in [0.4, 0.5) is 0 Å². The molecule has 2 rings (SSSR count). The van der Waals surface area contributed by atoms with Crippen molar-refractivity contribution in [3.05, 3.63) is 29.6 Å². The highest BCUT2D eigenvalue weighted by atomic mass is 32.2. The average molecular weight is 294 g/mol. The van der Waals surface area contributed by atoms with Crippen molar-refractivity contribution in [2.75, 3.05) is 12.3 Å². The number of pyridine rings is 1. The van der Waals surface area contributed by atoms with Gasteiger partial charge in [0.05, 0.1) is 5.60 Å². The van der Waals surface area contributed by atoms with Gasteiger partial charge in [0.25, 0.3) is 5.91 Å². The van der Waals surface area contributed by atoms with Crippen LogP contribution in [0.25, 0.3) is 0 Å². The van der Waals surface area contributed by atoms with Gasteiger partial charge in [-0.3, -0.25) is 9.78 Å². The van der Waals surface area contributed by atoms with E-state index in [9.17, 15) is 9.90 Å². The van der Waals surface area contributed by atoms with Crippen LogP contribution in [-0.2, 0) is 6.42 Å². The summed E-state index contributed by atoms with van der Waals surface area (Å²) in [5.41, 5.74) is 0.852. The number of amides is 1. The fraction of sp³-hybridized carbons (Fsp3) is 0.600. The molecule has 1 saturated carbocycles. The Hall–Kier alpha value is -1.07.